The molecule has 0 fully saturated rings. The number of aromatic hydroxyl groups is 1. The van der Waals surface area contributed by atoms with Crippen molar-refractivity contribution in [3.63, 3.8) is 0 Å². The van der Waals surface area contributed by atoms with Crippen molar-refractivity contribution in [2.75, 3.05) is 0 Å². The van der Waals surface area contributed by atoms with Crippen molar-refractivity contribution < 1.29 is 9.90 Å². The number of hydrogen-bond donors (Lipinski definition) is 1. The van der Waals surface area contributed by atoms with Crippen LogP contribution >= 0.6 is 11.6 Å². The molecule has 0 aliphatic carbocycles. The first-order valence-corrected chi connectivity index (χ1v) is 6.41. The van der Waals surface area contributed by atoms with Crippen LogP contribution in [0.15, 0.2) is 57.5 Å². The molecule has 2 aromatic carbocycles. The Bertz CT molecular complexity index is 771. The van der Waals surface area contributed by atoms with E-state index in [9.17, 15) is 14.7 Å². The molecular formula is C15H11ClN2O3. The Morgan fingerprint density at radius 3 is 2.24 bits per heavy atom. The van der Waals surface area contributed by atoms with E-state index in [1.165, 1.54) is 19.1 Å². The molecule has 6 heteroatoms. The zero-order chi connectivity index (χ0) is 15.4. The van der Waals surface area contributed by atoms with Gasteiger partial charge in [0.05, 0.1) is 16.9 Å². The van der Waals surface area contributed by atoms with Gasteiger partial charge < -0.3 is 5.11 Å². The Hall–Kier alpha value is -2.53. The van der Waals surface area contributed by atoms with Crippen LogP contribution < -0.4 is 5.43 Å². The lowest BCUT2D eigenvalue weighted by atomic mass is 10.2. The molecule has 0 aliphatic rings. The van der Waals surface area contributed by atoms with Crippen LogP contribution in [-0.2, 0) is 0 Å². The van der Waals surface area contributed by atoms with Gasteiger partial charge in [-0.2, -0.15) is 10.2 Å². The van der Waals surface area contributed by atoms with Gasteiger partial charge in [0.15, 0.2) is 11.5 Å². The molecule has 106 valence electrons. The molecule has 0 unspecified atom stereocenters. The van der Waals surface area contributed by atoms with Crippen LogP contribution in [0.5, 0.6) is 5.75 Å². The Morgan fingerprint density at radius 1 is 1.05 bits per heavy atom. The molecule has 0 aromatic heterocycles. The van der Waals surface area contributed by atoms with Gasteiger partial charge in [0.2, 0.25) is 5.43 Å². The molecule has 1 N–H and O–H groups in total. The first-order valence-electron chi connectivity index (χ1n) is 6.03. The molecule has 0 atom stereocenters. The summed E-state index contributed by atoms with van der Waals surface area (Å²) in [6.07, 6.45) is 0. The second-order valence-electron chi connectivity index (χ2n) is 4.26. The van der Waals surface area contributed by atoms with E-state index in [-0.39, 0.29) is 11.3 Å². The van der Waals surface area contributed by atoms with E-state index in [2.05, 4.69) is 10.2 Å². The summed E-state index contributed by atoms with van der Waals surface area (Å²) in [5.41, 5.74) is 0.123. The molecule has 21 heavy (non-hydrogen) atoms. The van der Waals surface area contributed by atoms with Crippen molar-refractivity contribution in [1.82, 2.24) is 0 Å². The number of hydrogen-bond acceptors (Lipinski definition) is 5. The quantitative estimate of drug-likeness (QED) is 0.687. The largest absolute Gasteiger partial charge is 0.504 e. The van der Waals surface area contributed by atoms with Crippen molar-refractivity contribution in [3.05, 3.63) is 63.3 Å². The molecule has 0 bridgehead atoms. The normalized spacial score (nSPS) is 10.8. The summed E-state index contributed by atoms with van der Waals surface area (Å²) in [4.78, 5) is 23.0. The average Bonchev–Trinajstić information content (AvgIpc) is 2.60. The zero-order valence-electron chi connectivity index (χ0n) is 11.1. The van der Waals surface area contributed by atoms with Gasteiger partial charge in [-0.3, -0.25) is 9.59 Å². The standard InChI is InChI=1S/C15H11ClN2O3/c1-9(19)13-8-12(6-7-14(20)15(13)21)18-17-11-4-2-10(16)3-5-11/h2-8H,1H3,(H,20,21). The smallest absolute Gasteiger partial charge is 0.220 e. The summed E-state index contributed by atoms with van der Waals surface area (Å²) in [5.74, 6) is -1.01. The van der Waals surface area contributed by atoms with Crippen molar-refractivity contribution in [2.24, 2.45) is 10.2 Å². The van der Waals surface area contributed by atoms with Gasteiger partial charge in [-0.15, -0.1) is 0 Å². The molecule has 0 heterocycles. The molecule has 0 saturated heterocycles. The highest BCUT2D eigenvalue weighted by molar-refractivity contribution is 6.30. The van der Waals surface area contributed by atoms with Gasteiger partial charge in [0.1, 0.15) is 0 Å². The fraction of sp³-hybridized carbons (Fsp3) is 0.0667. The number of benzene rings is 1. The van der Waals surface area contributed by atoms with Crippen LogP contribution in [0.3, 0.4) is 0 Å². The molecule has 0 radical (unpaired) electrons. The summed E-state index contributed by atoms with van der Waals surface area (Å²) in [5, 5.41) is 18.2. The highest BCUT2D eigenvalue weighted by atomic mass is 35.5. The van der Waals surface area contributed by atoms with Gasteiger partial charge in [0, 0.05) is 5.02 Å². The first-order chi connectivity index (χ1) is 9.97. The minimum atomic E-state index is -0.645. The average molecular weight is 303 g/mol. The number of azo groups is 1. The number of carbonyl (C=O) groups is 1. The van der Waals surface area contributed by atoms with Gasteiger partial charge in [-0.25, -0.2) is 0 Å². The fourth-order valence-electron chi connectivity index (χ4n) is 1.59. The molecule has 0 aliphatic heterocycles. The lowest BCUT2D eigenvalue weighted by Crippen LogP contribution is -1.99. The van der Waals surface area contributed by atoms with E-state index in [1.54, 1.807) is 24.3 Å². The molecule has 2 aromatic rings. The van der Waals surface area contributed by atoms with Crippen LogP contribution in [0, 0.1) is 0 Å². The molecule has 0 saturated carbocycles. The van der Waals surface area contributed by atoms with Crippen molar-refractivity contribution in [2.45, 2.75) is 6.92 Å². The SMILES string of the molecule is CC(=O)c1cc(N=Nc2ccc(Cl)cc2)ccc(=O)c1O. The highest BCUT2D eigenvalue weighted by Gasteiger charge is 2.09. The fourth-order valence-corrected chi connectivity index (χ4v) is 1.72. The summed E-state index contributed by atoms with van der Waals surface area (Å²) in [7, 11) is 0. The van der Waals surface area contributed by atoms with E-state index in [0.717, 1.165) is 6.07 Å². The van der Waals surface area contributed by atoms with Crippen LogP contribution in [-0.4, -0.2) is 10.9 Å². The van der Waals surface area contributed by atoms with Gasteiger partial charge in [0.25, 0.3) is 0 Å². The lowest BCUT2D eigenvalue weighted by Gasteiger charge is -1.94. The van der Waals surface area contributed by atoms with E-state index >= 15 is 0 Å². The second kappa shape index (κ2) is 6.28. The molecule has 5 nitrogen and oxygen atoms in total. The Morgan fingerprint density at radius 2 is 1.62 bits per heavy atom. The van der Waals surface area contributed by atoms with Crippen LogP contribution in [0.25, 0.3) is 0 Å². The molecule has 0 spiro atoms. The second-order valence-corrected chi connectivity index (χ2v) is 4.70. The Labute approximate surface area is 125 Å². The van der Waals surface area contributed by atoms with E-state index < -0.39 is 17.0 Å². The van der Waals surface area contributed by atoms with Crippen LogP contribution in [0.1, 0.15) is 17.3 Å². The number of carbonyl (C=O) groups excluding carboxylic acids is 1. The Kier molecular flexibility index (Phi) is 4.45. The number of halogens is 1. The number of rotatable bonds is 3. The topological polar surface area (TPSA) is 79.1 Å². The summed E-state index contributed by atoms with van der Waals surface area (Å²) in [6.45, 7) is 1.26. The summed E-state index contributed by atoms with van der Waals surface area (Å²) >= 11 is 5.76. The molecule has 2 rings (SSSR count). The number of nitrogens with zero attached hydrogens (tertiary/aromatic N) is 2. The third-order valence-corrected chi connectivity index (χ3v) is 2.93. The van der Waals surface area contributed by atoms with Crippen LogP contribution in [0.4, 0.5) is 11.4 Å². The maximum atomic E-state index is 11.5. The maximum Gasteiger partial charge on any atom is 0.220 e. The maximum absolute atomic E-state index is 11.5. The van der Waals surface area contributed by atoms with E-state index in [0.29, 0.717) is 10.7 Å². The predicted octanol–water partition coefficient (Wildman–Crippen LogP) is 4.02. The third kappa shape index (κ3) is 3.73. The number of Topliss-reactive ketones (excluding diaryl/α,β-unsaturated/α-hetero) is 1. The Balaban J connectivity index is 2.43. The summed E-state index contributed by atoms with van der Waals surface area (Å²) < 4.78 is 0. The van der Waals surface area contributed by atoms with Crippen molar-refractivity contribution >= 4 is 28.8 Å². The van der Waals surface area contributed by atoms with Crippen molar-refractivity contribution in [3.8, 4) is 5.75 Å². The first kappa shape index (κ1) is 14.9. The zero-order valence-corrected chi connectivity index (χ0v) is 11.8. The third-order valence-electron chi connectivity index (χ3n) is 2.67. The van der Waals surface area contributed by atoms with Crippen molar-refractivity contribution in [1.29, 1.82) is 0 Å². The molecule has 0 amide bonds. The van der Waals surface area contributed by atoms with Gasteiger partial charge in [-0.05, 0) is 49.4 Å². The minimum Gasteiger partial charge on any atom is -0.504 e. The van der Waals surface area contributed by atoms with E-state index in [1.807, 2.05) is 0 Å². The predicted molar refractivity (Wildman–Crippen MR) is 80.0 cm³/mol. The minimum absolute atomic E-state index is 0.0879. The van der Waals surface area contributed by atoms with Gasteiger partial charge >= 0.3 is 0 Å². The van der Waals surface area contributed by atoms with Crippen LogP contribution in [0.2, 0.25) is 5.02 Å². The highest BCUT2D eigenvalue weighted by Crippen LogP contribution is 2.22. The van der Waals surface area contributed by atoms with E-state index in [4.69, 9.17) is 11.6 Å². The summed E-state index contributed by atoms with van der Waals surface area (Å²) in [6, 6.07) is 10.5. The number of ketones is 1. The lowest BCUT2D eigenvalue weighted by molar-refractivity contribution is 0.101. The monoisotopic (exact) mass is 302 g/mol. The van der Waals surface area contributed by atoms with Gasteiger partial charge in [-0.1, -0.05) is 11.6 Å². The molecular weight excluding hydrogens is 292 g/mol.